The van der Waals surface area contributed by atoms with Gasteiger partial charge in [-0.3, -0.25) is 0 Å². The molecule has 0 saturated carbocycles. The van der Waals surface area contributed by atoms with Gasteiger partial charge in [0.15, 0.2) is 0 Å². The third-order valence-corrected chi connectivity index (χ3v) is 2.36. The fourth-order valence-electron chi connectivity index (χ4n) is 1.49. The predicted octanol–water partition coefficient (Wildman–Crippen LogP) is 1.36. The van der Waals surface area contributed by atoms with Crippen LogP contribution in [0.3, 0.4) is 0 Å². The van der Waals surface area contributed by atoms with Gasteiger partial charge < -0.3 is 10.2 Å². The van der Waals surface area contributed by atoms with Crippen molar-refractivity contribution in [2.75, 3.05) is 19.0 Å². The molecule has 0 saturated heterocycles. The monoisotopic (exact) mass is 229 g/mol. The lowest BCUT2D eigenvalue weighted by atomic mass is 10.4. The minimum Gasteiger partial charge on any atom is -0.314 e. The van der Waals surface area contributed by atoms with Crippen LogP contribution in [0.5, 0.6) is 0 Å². The van der Waals surface area contributed by atoms with E-state index < -0.39 is 0 Å². The average Bonchev–Trinajstić information content (AvgIpc) is 2.40. The Kier molecular flexibility index (Phi) is 3.62. The lowest BCUT2D eigenvalue weighted by Crippen LogP contribution is -2.15. The molecule has 0 fully saturated rings. The number of hydrogen-bond acceptors (Lipinski definition) is 5. The number of aromatic nitrogens is 3. The molecule has 0 aliphatic heterocycles. The molecule has 0 bridgehead atoms. The van der Waals surface area contributed by atoms with E-state index in [0.717, 1.165) is 17.5 Å². The van der Waals surface area contributed by atoms with Crippen LogP contribution in [0, 0.1) is 0 Å². The number of nitrogens with one attached hydrogen (secondary N) is 1. The molecular weight excluding hydrogens is 214 g/mol. The molecule has 2 heterocycles. The lowest BCUT2D eigenvalue weighted by molar-refractivity contribution is 0.756. The molecule has 2 aromatic heterocycles. The molecule has 0 spiro atoms. The quantitative estimate of drug-likeness (QED) is 0.858. The van der Waals surface area contributed by atoms with Gasteiger partial charge >= 0.3 is 0 Å². The van der Waals surface area contributed by atoms with Crippen molar-refractivity contribution in [3.8, 4) is 0 Å². The summed E-state index contributed by atoms with van der Waals surface area (Å²) in [6, 6.07) is 7.66. The van der Waals surface area contributed by atoms with Crippen LogP contribution < -0.4 is 10.2 Å². The predicted molar refractivity (Wildman–Crippen MR) is 67.1 cm³/mol. The van der Waals surface area contributed by atoms with Gasteiger partial charge in [-0.2, -0.15) is 0 Å². The highest BCUT2D eigenvalue weighted by Crippen LogP contribution is 2.17. The minimum absolute atomic E-state index is 0.657. The summed E-state index contributed by atoms with van der Waals surface area (Å²) in [5, 5.41) is 3.03. The van der Waals surface area contributed by atoms with Crippen molar-refractivity contribution in [1.29, 1.82) is 0 Å². The summed E-state index contributed by atoms with van der Waals surface area (Å²) in [7, 11) is 3.81. The molecule has 2 rings (SSSR count). The summed E-state index contributed by atoms with van der Waals surface area (Å²) >= 11 is 0. The number of pyridine rings is 1. The van der Waals surface area contributed by atoms with Gasteiger partial charge in [-0.1, -0.05) is 6.07 Å². The Hall–Kier alpha value is -2.01. The van der Waals surface area contributed by atoms with Gasteiger partial charge in [-0.25, -0.2) is 15.0 Å². The minimum atomic E-state index is 0.657. The van der Waals surface area contributed by atoms with Crippen LogP contribution in [0.1, 0.15) is 5.82 Å². The Morgan fingerprint density at radius 3 is 2.71 bits per heavy atom. The van der Waals surface area contributed by atoms with Gasteiger partial charge in [-0.05, 0) is 25.2 Å². The summed E-state index contributed by atoms with van der Waals surface area (Å²) in [4.78, 5) is 14.8. The first-order valence-corrected chi connectivity index (χ1v) is 5.42. The maximum Gasteiger partial charge on any atom is 0.144 e. The summed E-state index contributed by atoms with van der Waals surface area (Å²) in [5.41, 5.74) is 0. The number of nitrogens with zero attached hydrogens (tertiary/aromatic N) is 4. The van der Waals surface area contributed by atoms with Crippen molar-refractivity contribution in [2.24, 2.45) is 0 Å². The Morgan fingerprint density at radius 1 is 1.12 bits per heavy atom. The Labute approximate surface area is 101 Å². The van der Waals surface area contributed by atoms with Crippen molar-refractivity contribution in [1.82, 2.24) is 20.3 Å². The second kappa shape index (κ2) is 5.36. The van der Waals surface area contributed by atoms with Crippen molar-refractivity contribution in [2.45, 2.75) is 6.54 Å². The molecule has 5 heteroatoms. The molecule has 0 radical (unpaired) electrons. The van der Waals surface area contributed by atoms with Gasteiger partial charge in [0.25, 0.3) is 0 Å². The average molecular weight is 229 g/mol. The van der Waals surface area contributed by atoms with Crippen LogP contribution in [-0.2, 0) is 6.54 Å². The highest BCUT2D eigenvalue weighted by molar-refractivity contribution is 5.53. The van der Waals surface area contributed by atoms with Crippen LogP contribution in [0.2, 0.25) is 0 Å². The largest absolute Gasteiger partial charge is 0.314 e. The van der Waals surface area contributed by atoms with E-state index in [1.807, 2.05) is 43.3 Å². The number of anilines is 2. The first-order valence-electron chi connectivity index (χ1n) is 5.42. The van der Waals surface area contributed by atoms with E-state index in [2.05, 4.69) is 20.3 Å². The molecular formula is C12H15N5. The highest BCUT2D eigenvalue weighted by Gasteiger charge is 2.06. The molecule has 0 aliphatic carbocycles. The van der Waals surface area contributed by atoms with Crippen molar-refractivity contribution in [3.63, 3.8) is 0 Å². The Bertz CT molecular complexity index is 471. The maximum absolute atomic E-state index is 4.45. The number of hydrogen-bond donors (Lipinski definition) is 1. The second-order valence-corrected chi connectivity index (χ2v) is 3.61. The van der Waals surface area contributed by atoms with E-state index in [1.165, 1.54) is 0 Å². The first-order chi connectivity index (χ1) is 8.31. The molecule has 0 aliphatic rings. The molecule has 0 atom stereocenters. The van der Waals surface area contributed by atoms with Crippen LogP contribution >= 0.6 is 0 Å². The summed E-state index contributed by atoms with van der Waals surface area (Å²) in [5.74, 6) is 2.47. The van der Waals surface area contributed by atoms with Crippen LogP contribution in [0.25, 0.3) is 0 Å². The van der Waals surface area contributed by atoms with Gasteiger partial charge in [0, 0.05) is 19.4 Å². The molecule has 5 nitrogen and oxygen atoms in total. The summed E-state index contributed by atoms with van der Waals surface area (Å²) in [6.45, 7) is 0.657. The molecule has 1 N–H and O–H groups in total. The smallest absolute Gasteiger partial charge is 0.144 e. The van der Waals surface area contributed by atoms with Gasteiger partial charge in [0.1, 0.15) is 17.5 Å². The van der Waals surface area contributed by atoms with Crippen molar-refractivity contribution < 1.29 is 0 Å². The van der Waals surface area contributed by atoms with Gasteiger partial charge in [0.2, 0.25) is 0 Å². The zero-order chi connectivity index (χ0) is 12.1. The SMILES string of the molecule is CNCc1nccc(N(C)c2ccccn2)n1. The van der Waals surface area contributed by atoms with E-state index in [-0.39, 0.29) is 0 Å². The zero-order valence-corrected chi connectivity index (χ0v) is 9.96. The van der Waals surface area contributed by atoms with Crippen molar-refractivity contribution >= 4 is 11.6 Å². The molecule has 0 aromatic carbocycles. The molecule has 0 unspecified atom stereocenters. The molecule has 2 aromatic rings. The van der Waals surface area contributed by atoms with Gasteiger partial charge in [-0.15, -0.1) is 0 Å². The van der Waals surface area contributed by atoms with Crippen LogP contribution in [-0.4, -0.2) is 29.0 Å². The highest BCUT2D eigenvalue weighted by atomic mass is 15.2. The van der Waals surface area contributed by atoms with Gasteiger partial charge in [0.05, 0.1) is 6.54 Å². The Balaban J connectivity index is 2.25. The standard InChI is InChI=1S/C12H15N5/c1-13-9-10-14-8-6-12(16-10)17(2)11-5-3-4-7-15-11/h3-8,13H,9H2,1-2H3. The third kappa shape index (κ3) is 2.76. The lowest BCUT2D eigenvalue weighted by Gasteiger charge is -2.17. The van der Waals surface area contributed by atoms with E-state index >= 15 is 0 Å². The molecule has 88 valence electrons. The zero-order valence-electron chi connectivity index (χ0n) is 9.96. The van der Waals surface area contributed by atoms with E-state index in [0.29, 0.717) is 6.54 Å². The molecule has 0 amide bonds. The molecule has 17 heavy (non-hydrogen) atoms. The van der Waals surface area contributed by atoms with Crippen LogP contribution in [0.4, 0.5) is 11.6 Å². The van der Waals surface area contributed by atoms with E-state index in [1.54, 1.807) is 12.4 Å². The number of rotatable bonds is 4. The topological polar surface area (TPSA) is 53.9 Å². The van der Waals surface area contributed by atoms with Crippen LogP contribution in [0.15, 0.2) is 36.7 Å². The maximum atomic E-state index is 4.45. The van der Waals surface area contributed by atoms with E-state index in [4.69, 9.17) is 0 Å². The second-order valence-electron chi connectivity index (χ2n) is 3.61. The third-order valence-electron chi connectivity index (χ3n) is 2.36. The fraction of sp³-hybridized carbons (Fsp3) is 0.250. The Morgan fingerprint density at radius 2 is 2.00 bits per heavy atom. The normalized spacial score (nSPS) is 10.2. The first kappa shape index (κ1) is 11.5. The van der Waals surface area contributed by atoms with E-state index in [9.17, 15) is 0 Å². The fourth-order valence-corrected chi connectivity index (χ4v) is 1.49. The van der Waals surface area contributed by atoms with Crippen molar-refractivity contribution in [3.05, 3.63) is 42.5 Å². The summed E-state index contributed by atoms with van der Waals surface area (Å²) < 4.78 is 0. The summed E-state index contributed by atoms with van der Waals surface area (Å²) in [6.07, 6.45) is 3.52.